The summed E-state index contributed by atoms with van der Waals surface area (Å²) < 4.78 is 48.5. The third kappa shape index (κ3) is 6.70. The van der Waals surface area contributed by atoms with Crippen LogP contribution in [0.1, 0.15) is 36.7 Å². The number of carbonyl (C=O) groups is 2. The standard InChI is InChI=1S/C22H27F3N4O4/c1-4-28-10-17(9-26-28)21(31)27-11-19(12-29(15(2)3)20(30)13-27)32-14-16-5-7-18(8-6-16)33-22(23,24)25/h5-10,15,19H,4,11-14H2,1-3H3/t19-/m0/s1. The van der Waals surface area contributed by atoms with Gasteiger partial charge in [-0.05, 0) is 38.5 Å². The maximum Gasteiger partial charge on any atom is 0.573 e. The first-order valence-electron chi connectivity index (χ1n) is 10.6. The van der Waals surface area contributed by atoms with E-state index in [1.165, 1.54) is 35.4 Å². The van der Waals surface area contributed by atoms with Crippen molar-refractivity contribution in [3.05, 3.63) is 47.8 Å². The van der Waals surface area contributed by atoms with Crippen LogP contribution in [0.15, 0.2) is 36.7 Å². The van der Waals surface area contributed by atoms with Crippen LogP contribution in [0.2, 0.25) is 0 Å². The van der Waals surface area contributed by atoms with Crippen LogP contribution >= 0.6 is 0 Å². The molecule has 3 rings (SSSR count). The Morgan fingerprint density at radius 3 is 2.48 bits per heavy atom. The maximum absolute atomic E-state index is 13.0. The molecule has 1 saturated heterocycles. The van der Waals surface area contributed by atoms with Crippen molar-refractivity contribution in [3.8, 4) is 5.75 Å². The summed E-state index contributed by atoms with van der Waals surface area (Å²) in [7, 11) is 0. The predicted molar refractivity (Wildman–Crippen MR) is 112 cm³/mol. The van der Waals surface area contributed by atoms with Crippen molar-refractivity contribution in [2.45, 2.75) is 52.4 Å². The van der Waals surface area contributed by atoms with Gasteiger partial charge in [0.05, 0.1) is 24.5 Å². The van der Waals surface area contributed by atoms with Gasteiger partial charge in [0.1, 0.15) is 12.3 Å². The van der Waals surface area contributed by atoms with Gasteiger partial charge in [0.15, 0.2) is 0 Å². The zero-order chi connectivity index (χ0) is 24.2. The Morgan fingerprint density at radius 2 is 1.91 bits per heavy atom. The van der Waals surface area contributed by atoms with Crippen molar-refractivity contribution < 1.29 is 32.2 Å². The largest absolute Gasteiger partial charge is 0.573 e. The molecular weight excluding hydrogens is 441 g/mol. The Kier molecular flexibility index (Phi) is 7.62. The Balaban J connectivity index is 1.70. The van der Waals surface area contributed by atoms with Gasteiger partial charge in [0, 0.05) is 31.9 Å². The normalized spacial score (nSPS) is 17.4. The number of aryl methyl sites for hydroxylation is 1. The zero-order valence-corrected chi connectivity index (χ0v) is 18.7. The molecule has 0 unspecified atom stereocenters. The van der Waals surface area contributed by atoms with Gasteiger partial charge >= 0.3 is 6.36 Å². The molecule has 0 bridgehead atoms. The van der Waals surface area contributed by atoms with E-state index in [4.69, 9.17) is 4.74 Å². The van der Waals surface area contributed by atoms with Crippen LogP contribution in [0, 0.1) is 0 Å². The fourth-order valence-corrected chi connectivity index (χ4v) is 3.53. The molecule has 1 fully saturated rings. The smallest absolute Gasteiger partial charge is 0.406 e. The summed E-state index contributed by atoms with van der Waals surface area (Å²) in [5.41, 5.74) is 1.03. The molecule has 1 aromatic heterocycles. The molecule has 11 heteroatoms. The van der Waals surface area contributed by atoms with Gasteiger partial charge in [-0.15, -0.1) is 13.2 Å². The van der Waals surface area contributed by atoms with E-state index in [0.717, 1.165) is 0 Å². The van der Waals surface area contributed by atoms with Gasteiger partial charge in [-0.25, -0.2) is 0 Å². The minimum absolute atomic E-state index is 0.0718. The van der Waals surface area contributed by atoms with Crippen molar-refractivity contribution in [2.24, 2.45) is 0 Å². The average Bonchev–Trinajstić information content (AvgIpc) is 3.16. The van der Waals surface area contributed by atoms with Gasteiger partial charge in [0.2, 0.25) is 5.91 Å². The summed E-state index contributed by atoms with van der Waals surface area (Å²) in [4.78, 5) is 28.9. The van der Waals surface area contributed by atoms with Crippen LogP contribution < -0.4 is 4.74 Å². The van der Waals surface area contributed by atoms with Gasteiger partial charge < -0.3 is 19.3 Å². The topological polar surface area (TPSA) is 76.9 Å². The number of benzene rings is 1. The van der Waals surface area contributed by atoms with Crippen molar-refractivity contribution in [3.63, 3.8) is 0 Å². The lowest BCUT2D eigenvalue weighted by atomic mass is 10.2. The fourth-order valence-electron chi connectivity index (χ4n) is 3.53. The first-order chi connectivity index (χ1) is 15.6. The first kappa shape index (κ1) is 24.6. The highest BCUT2D eigenvalue weighted by molar-refractivity contribution is 5.96. The third-order valence-electron chi connectivity index (χ3n) is 5.23. The zero-order valence-electron chi connectivity index (χ0n) is 18.7. The highest BCUT2D eigenvalue weighted by Gasteiger charge is 2.33. The third-order valence-corrected chi connectivity index (χ3v) is 5.23. The highest BCUT2D eigenvalue weighted by atomic mass is 19.4. The number of halogens is 3. The maximum atomic E-state index is 13.0. The van der Waals surface area contributed by atoms with E-state index in [0.29, 0.717) is 24.2 Å². The lowest BCUT2D eigenvalue weighted by Crippen LogP contribution is -2.42. The molecule has 1 aliphatic rings. The van der Waals surface area contributed by atoms with Crippen molar-refractivity contribution >= 4 is 11.8 Å². The van der Waals surface area contributed by atoms with E-state index in [2.05, 4.69) is 9.84 Å². The Labute approximate surface area is 189 Å². The molecule has 2 amide bonds. The Bertz CT molecular complexity index is 959. The average molecular weight is 468 g/mol. The minimum Gasteiger partial charge on any atom is -0.406 e. The van der Waals surface area contributed by atoms with E-state index in [1.54, 1.807) is 15.8 Å². The summed E-state index contributed by atoms with van der Waals surface area (Å²) in [5, 5.41) is 4.12. The molecule has 0 aliphatic carbocycles. The molecule has 1 atom stereocenters. The molecule has 180 valence electrons. The molecule has 8 nitrogen and oxygen atoms in total. The lowest BCUT2D eigenvalue weighted by molar-refractivity contribution is -0.274. The van der Waals surface area contributed by atoms with Crippen LogP contribution in [0.5, 0.6) is 5.75 Å². The van der Waals surface area contributed by atoms with Gasteiger partial charge in [-0.1, -0.05) is 12.1 Å². The Hall–Kier alpha value is -3.08. The number of nitrogens with zero attached hydrogens (tertiary/aromatic N) is 4. The lowest BCUT2D eigenvalue weighted by Gasteiger charge is -2.27. The molecule has 1 aliphatic heterocycles. The number of aromatic nitrogens is 2. The fraction of sp³-hybridized carbons (Fsp3) is 0.500. The van der Waals surface area contributed by atoms with E-state index in [-0.39, 0.29) is 43.3 Å². The van der Waals surface area contributed by atoms with E-state index in [1.807, 2.05) is 20.8 Å². The summed E-state index contributed by atoms with van der Waals surface area (Å²) in [6.07, 6.45) is -2.12. The number of hydrogen-bond acceptors (Lipinski definition) is 5. The highest BCUT2D eigenvalue weighted by Crippen LogP contribution is 2.23. The number of carbonyl (C=O) groups excluding carboxylic acids is 2. The van der Waals surface area contributed by atoms with Crippen molar-refractivity contribution in [1.29, 1.82) is 0 Å². The van der Waals surface area contributed by atoms with E-state index < -0.39 is 12.5 Å². The second-order valence-corrected chi connectivity index (χ2v) is 8.03. The molecule has 2 aromatic rings. The number of rotatable bonds is 7. The molecule has 2 heterocycles. The minimum atomic E-state index is -4.76. The summed E-state index contributed by atoms with van der Waals surface area (Å²) >= 11 is 0. The van der Waals surface area contributed by atoms with Crippen LogP contribution in [0.4, 0.5) is 13.2 Å². The molecule has 0 saturated carbocycles. The SMILES string of the molecule is CCn1cc(C(=O)N2CC(=O)N(C(C)C)C[C@@H](OCc3ccc(OC(F)(F)F)cc3)C2)cn1. The Morgan fingerprint density at radius 1 is 1.21 bits per heavy atom. The van der Waals surface area contributed by atoms with Crippen LogP contribution in [-0.4, -0.2) is 69.5 Å². The molecule has 1 aromatic carbocycles. The quantitative estimate of drug-likeness (QED) is 0.624. The van der Waals surface area contributed by atoms with E-state index in [9.17, 15) is 22.8 Å². The van der Waals surface area contributed by atoms with E-state index >= 15 is 0 Å². The van der Waals surface area contributed by atoms with Gasteiger partial charge in [-0.3, -0.25) is 14.3 Å². The summed E-state index contributed by atoms with van der Waals surface area (Å²) in [6.45, 7) is 6.82. The molecular formula is C22H27F3N4O4. The number of hydrogen-bond donors (Lipinski definition) is 0. The van der Waals surface area contributed by atoms with Gasteiger partial charge in [-0.2, -0.15) is 5.10 Å². The number of alkyl halides is 3. The predicted octanol–water partition coefficient (Wildman–Crippen LogP) is 3.08. The summed E-state index contributed by atoms with van der Waals surface area (Å²) in [5.74, 6) is -0.807. The number of amides is 2. The molecule has 0 N–H and O–H groups in total. The van der Waals surface area contributed by atoms with Crippen LogP contribution in [-0.2, 0) is 22.7 Å². The second kappa shape index (κ2) is 10.2. The monoisotopic (exact) mass is 468 g/mol. The number of ether oxygens (including phenoxy) is 2. The van der Waals surface area contributed by atoms with Crippen molar-refractivity contribution in [1.82, 2.24) is 19.6 Å². The first-order valence-corrected chi connectivity index (χ1v) is 10.6. The summed E-state index contributed by atoms with van der Waals surface area (Å²) in [6, 6.07) is 5.30. The molecule has 33 heavy (non-hydrogen) atoms. The van der Waals surface area contributed by atoms with Crippen molar-refractivity contribution in [2.75, 3.05) is 19.6 Å². The van der Waals surface area contributed by atoms with Gasteiger partial charge in [0.25, 0.3) is 5.91 Å². The van der Waals surface area contributed by atoms with Crippen LogP contribution in [0.3, 0.4) is 0 Å². The van der Waals surface area contributed by atoms with Crippen LogP contribution in [0.25, 0.3) is 0 Å². The second-order valence-electron chi connectivity index (χ2n) is 8.03. The molecule has 0 spiro atoms. The molecule has 0 radical (unpaired) electrons.